The van der Waals surface area contributed by atoms with E-state index in [4.69, 9.17) is 4.74 Å². The number of aliphatic hydroxyl groups is 2. The highest BCUT2D eigenvalue weighted by Crippen LogP contribution is 2.18. The Hall–Kier alpha value is -1.66. The van der Waals surface area contributed by atoms with Crippen LogP contribution in [-0.4, -0.2) is 47.4 Å². The number of hydrogen-bond donors (Lipinski definition) is 3. The molecule has 0 heterocycles. The first-order valence-corrected chi connectivity index (χ1v) is 32.6. The largest absolute Gasteiger partial charge is 0.466 e. The summed E-state index contributed by atoms with van der Waals surface area (Å²) in [5, 5.41) is 23.2. The predicted molar refractivity (Wildman–Crippen MR) is 315 cm³/mol. The molecule has 0 aromatic heterocycles. The molecule has 0 saturated heterocycles. The molecule has 426 valence electrons. The van der Waals surface area contributed by atoms with E-state index in [9.17, 15) is 19.8 Å². The average molecular weight is 1010 g/mol. The van der Waals surface area contributed by atoms with Crippen molar-refractivity contribution in [2.24, 2.45) is 0 Å². The third-order valence-electron chi connectivity index (χ3n) is 15.2. The molecule has 72 heavy (non-hydrogen) atoms. The van der Waals surface area contributed by atoms with Gasteiger partial charge < -0.3 is 20.3 Å². The number of nitrogens with one attached hydrogen (secondary N) is 1. The Morgan fingerprint density at radius 2 is 0.653 bits per heavy atom. The lowest BCUT2D eigenvalue weighted by molar-refractivity contribution is -0.143. The summed E-state index contributed by atoms with van der Waals surface area (Å²) in [5.74, 6) is -0.0541. The quantitative estimate of drug-likeness (QED) is 0.0320. The number of hydrogen-bond acceptors (Lipinski definition) is 5. The van der Waals surface area contributed by atoms with Crippen molar-refractivity contribution in [1.82, 2.24) is 5.32 Å². The highest BCUT2D eigenvalue weighted by molar-refractivity contribution is 5.76. The van der Waals surface area contributed by atoms with Crippen LogP contribution >= 0.6 is 0 Å². The van der Waals surface area contributed by atoms with Crippen LogP contribution in [0.4, 0.5) is 0 Å². The predicted octanol–water partition coefficient (Wildman–Crippen LogP) is 20.6. The second-order valence-electron chi connectivity index (χ2n) is 22.5. The summed E-state index contributed by atoms with van der Waals surface area (Å²) < 4.78 is 5.48. The smallest absolute Gasteiger partial charge is 0.305 e. The van der Waals surface area contributed by atoms with Gasteiger partial charge in [0.25, 0.3) is 0 Å². The topological polar surface area (TPSA) is 95.9 Å². The number of carbonyl (C=O) groups is 2. The zero-order chi connectivity index (χ0) is 52.2. The molecule has 2 unspecified atom stereocenters. The molecule has 6 heteroatoms. The Bertz CT molecular complexity index is 1120. The summed E-state index contributed by atoms with van der Waals surface area (Å²) in [7, 11) is 0. The van der Waals surface area contributed by atoms with Crippen molar-refractivity contribution in [3.05, 3.63) is 24.3 Å². The van der Waals surface area contributed by atoms with E-state index in [1.54, 1.807) is 6.08 Å². The zero-order valence-corrected chi connectivity index (χ0v) is 48.7. The Morgan fingerprint density at radius 1 is 0.375 bits per heavy atom. The molecule has 1 amide bonds. The van der Waals surface area contributed by atoms with Gasteiger partial charge in [-0.1, -0.05) is 314 Å². The third-order valence-corrected chi connectivity index (χ3v) is 15.2. The number of amides is 1. The Labute approximate surface area is 450 Å². The third kappa shape index (κ3) is 57.6. The van der Waals surface area contributed by atoms with Crippen molar-refractivity contribution in [2.45, 2.75) is 373 Å². The average Bonchev–Trinajstić information content (AvgIpc) is 3.38. The maximum atomic E-state index is 12.5. The molecule has 0 saturated carbocycles. The maximum absolute atomic E-state index is 12.5. The van der Waals surface area contributed by atoms with Crippen molar-refractivity contribution in [3.63, 3.8) is 0 Å². The van der Waals surface area contributed by atoms with E-state index >= 15 is 0 Å². The number of esters is 1. The van der Waals surface area contributed by atoms with E-state index in [0.717, 1.165) is 38.5 Å². The van der Waals surface area contributed by atoms with Gasteiger partial charge in [-0.3, -0.25) is 9.59 Å². The van der Waals surface area contributed by atoms with Crippen LogP contribution in [0.15, 0.2) is 24.3 Å². The van der Waals surface area contributed by atoms with Crippen LogP contribution in [0, 0.1) is 0 Å². The van der Waals surface area contributed by atoms with Crippen LogP contribution in [-0.2, 0) is 14.3 Å². The lowest BCUT2D eigenvalue weighted by atomic mass is 10.0. The van der Waals surface area contributed by atoms with Gasteiger partial charge in [-0.15, -0.1) is 0 Å². The molecule has 0 aliphatic heterocycles. The Morgan fingerprint density at radius 3 is 0.986 bits per heavy atom. The van der Waals surface area contributed by atoms with Crippen molar-refractivity contribution in [3.8, 4) is 0 Å². The van der Waals surface area contributed by atoms with Gasteiger partial charge in [-0.05, 0) is 57.8 Å². The van der Waals surface area contributed by atoms with Gasteiger partial charge in [-0.2, -0.15) is 0 Å². The maximum Gasteiger partial charge on any atom is 0.305 e. The molecular formula is C66H127NO5. The van der Waals surface area contributed by atoms with E-state index in [-0.39, 0.29) is 18.5 Å². The summed E-state index contributed by atoms with van der Waals surface area (Å²) in [5.41, 5.74) is 0. The first-order valence-electron chi connectivity index (χ1n) is 32.6. The van der Waals surface area contributed by atoms with E-state index in [2.05, 4.69) is 31.3 Å². The van der Waals surface area contributed by atoms with Crippen LogP contribution < -0.4 is 5.32 Å². The number of rotatable bonds is 61. The van der Waals surface area contributed by atoms with Crippen molar-refractivity contribution in [2.75, 3.05) is 13.2 Å². The molecule has 0 aliphatic rings. The molecule has 0 spiro atoms. The number of carbonyl (C=O) groups excluding carboxylic acids is 2. The van der Waals surface area contributed by atoms with Crippen molar-refractivity contribution < 1.29 is 24.5 Å². The number of unbranched alkanes of at least 4 members (excludes halogenated alkanes) is 48. The monoisotopic (exact) mass is 1010 g/mol. The number of allylic oxidation sites excluding steroid dienone is 3. The molecule has 0 aromatic rings. The van der Waals surface area contributed by atoms with Crippen LogP contribution in [0.2, 0.25) is 0 Å². The van der Waals surface area contributed by atoms with E-state index in [0.29, 0.717) is 19.4 Å². The first-order chi connectivity index (χ1) is 35.5. The highest BCUT2D eigenvalue weighted by atomic mass is 16.5. The summed E-state index contributed by atoms with van der Waals surface area (Å²) in [6.07, 6.45) is 76.6. The SMILES string of the molecule is CCCCCCCCCCCCCCCCCC/C=C/C(O)C(CO)NC(=O)CCCCCCCCCCC/C=C\CCCCCCCCCCCCCCOC(=O)CCCCCCCCCCCCCC. The first kappa shape index (κ1) is 70.3. The van der Waals surface area contributed by atoms with Gasteiger partial charge in [0, 0.05) is 12.8 Å². The van der Waals surface area contributed by atoms with Crippen LogP contribution in [0.1, 0.15) is 361 Å². The van der Waals surface area contributed by atoms with Gasteiger partial charge in [0.1, 0.15) is 0 Å². The molecule has 6 nitrogen and oxygen atoms in total. The van der Waals surface area contributed by atoms with Crippen molar-refractivity contribution >= 4 is 11.9 Å². The van der Waals surface area contributed by atoms with Gasteiger partial charge in [0.05, 0.1) is 25.4 Å². The number of aliphatic hydroxyl groups excluding tert-OH is 2. The molecule has 0 aromatic carbocycles. The Kier molecular flexibility index (Phi) is 60.5. The minimum atomic E-state index is -0.846. The molecule has 3 N–H and O–H groups in total. The molecular weight excluding hydrogens is 887 g/mol. The highest BCUT2D eigenvalue weighted by Gasteiger charge is 2.18. The second-order valence-corrected chi connectivity index (χ2v) is 22.5. The number of ether oxygens (including phenoxy) is 1. The molecule has 0 rings (SSSR count). The molecule has 0 radical (unpaired) electrons. The molecule has 0 bridgehead atoms. The Balaban J connectivity index is 3.42. The van der Waals surface area contributed by atoms with Gasteiger partial charge in [-0.25, -0.2) is 0 Å². The van der Waals surface area contributed by atoms with Gasteiger partial charge in [0.2, 0.25) is 5.91 Å². The minimum absolute atomic E-state index is 0.0141. The fraction of sp³-hybridized carbons (Fsp3) is 0.909. The summed E-state index contributed by atoms with van der Waals surface area (Å²) in [4.78, 5) is 24.5. The summed E-state index contributed by atoms with van der Waals surface area (Å²) >= 11 is 0. The van der Waals surface area contributed by atoms with E-state index < -0.39 is 12.1 Å². The standard InChI is InChI=1S/C66H127NO5/c1-3-5-7-9-11-13-15-17-18-19-29-32-35-38-42-46-50-54-58-64(69)63(62-68)67-65(70)59-55-51-47-43-39-36-33-30-27-25-23-21-20-22-24-26-28-31-34-37-41-45-49-53-57-61-72-66(71)60-56-52-48-44-40-16-14-12-10-8-6-4-2/h21,23,54,58,63-64,68-69H,3-20,22,24-53,55-57,59-62H2,1-2H3,(H,67,70)/b23-21-,58-54+. The fourth-order valence-corrected chi connectivity index (χ4v) is 10.2. The second kappa shape index (κ2) is 61.9. The summed E-state index contributed by atoms with van der Waals surface area (Å²) in [6, 6.07) is -0.630. The molecule has 0 aliphatic carbocycles. The fourth-order valence-electron chi connectivity index (χ4n) is 10.2. The van der Waals surface area contributed by atoms with Crippen LogP contribution in [0.5, 0.6) is 0 Å². The molecule has 2 atom stereocenters. The minimum Gasteiger partial charge on any atom is -0.466 e. The van der Waals surface area contributed by atoms with Crippen LogP contribution in [0.3, 0.4) is 0 Å². The van der Waals surface area contributed by atoms with E-state index in [1.807, 2.05) is 6.08 Å². The van der Waals surface area contributed by atoms with Crippen molar-refractivity contribution in [1.29, 1.82) is 0 Å². The van der Waals surface area contributed by atoms with Crippen LogP contribution in [0.25, 0.3) is 0 Å². The van der Waals surface area contributed by atoms with E-state index in [1.165, 1.54) is 295 Å². The van der Waals surface area contributed by atoms with Gasteiger partial charge in [0.15, 0.2) is 0 Å². The summed E-state index contributed by atoms with van der Waals surface area (Å²) in [6.45, 7) is 4.93. The molecule has 0 fully saturated rings. The van der Waals surface area contributed by atoms with Gasteiger partial charge >= 0.3 is 5.97 Å². The lowest BCUT2D eigenvalue weighted by Crippen LogP contribution is -2.45. The lowest BCUT2D eigenvalue weighted by Gasteiger charge is -2.20. The zero-order valence-electron chi connectivity index (χ0n) is 48.7. The normalized spacial score (nSPS) is 12.7.